The van der Waals surface area contributed by atoms with Crippen LogP contribution in [0.15, 0.2) is 25.7 Å². The fraction of sp³-hybridized carbons (Fsp3) is 0.125. The van der Waals surface area contributed by atoms with Crippen molar-refractivity contribution in [2.75, 3.05) is 0 Å². The summed E-state index contributed by atoms with van der Waals surface area (Å²) in [4.78, 5) is 24.3. The predicted octanol–water partition coefficient (Wildman–Crippen LogP) is 0.905. The number of aromatic amines is 1. The van der Waals surface area contributed by atoms with Gasteiger partial charge in [0.25, 0.3) is 0 Å². The Labute approximate surface area is 71.3 Å². The molecule has 1 aromatic heterocycles. The van der Waals surface area contributed by atoms with Crippen molar-refractivity contribution in [3.63, 3.8) is 0 Å². The van der Waals surface area contributed by atoms with Crippen molar-refractivity contribution < 1.29 is 9.59 Å². The highest BCUT2D eigenvalue weighted by Gasteiger charge is 1.73. The van der Waals surface area contributed by atoms with E-state index in [1.165, 1.54) is 0 Å². The summed E-state index contributed by atoms with van der Waals surface area (Å²) in [6.07, 6.45) is 3.83. The van der Waals surface area contributed by atoms with Crippen molar-refractivity contribution in [3.8, 4) is 0 Å². The van der Waals surface area contributed by atoms with Gasteiger partial charge in [-0.2, -0.15) is 0 Å². The molecule has 1 heterocycles. The first kappa shape index (κ1) is 12.9. The number of H-pyrrole nitrogens is 1. The number of carbonyl (C=O) groups excluding carboxylic acids is 2. The van der Waals surface area contributed by atoms with Crippen LogP contribution < -0.4 is 0 Å². The molecule has 0 bridgehead atoms. The van der Waals surface area contributed by atoms with Gasteiger partial charge in [0.15, 0.2) is 12.6 Å². The first-order valence-corrected chi connectivity index (χ1v) is 3.15. The van der Waals surface area contributed by atoms with E-state index in [2.05, 4.69) is 23.1 Å². The van der Waals surface area contributed by atoms with Crippen molar-refractivity contribution in [3.05, 3.63) is 31.4 Å². The zero-order chi connectivity index (χ0) is 9.82. The topological polar surface area (TPSA) is 62.8 Å². The maximum atomic E-state index is 8.81. The Kier molecular flexibility index (Phi) is 12.9. The van der Waals surface area contributed by atoms with Crippen LogP contribution in [-0.2, 0) is 9.59 Å². The minimum atomic E-state index is 0.194. The van der Waals surface area contributed by atoms with E-state index in [1.807, 2.05) is 6.92 Å². The number of aldehydes is 2. The lowest BCUT2D eigenvalue weighted by atomic mass is 10.6. The van der Waals surface area contributed by atoms with Gasteiger partial charge in [-0.1, -0.05) is 0 Å². The van der Waals surface area contributed by atoms with Crippen molar-refractivity contribution in [1.29, 1.82) is 0 Å². The van der Waals surface area contributed by atoms with E-state index < -0.39 is 0 Å². The fourth-order valence-electron chi connectivity index (χ4n) is 0.325. The van der Waals surface area contributed by atoms with E-state index in [9.17, 15) is 0 Å². The Bertz CT molecular complexity index is 189. The summed E-state index contributed by atoms with van der Waals surface area (Å²) in [6, 6.07) is 0. The predicted molar refractivity (Wildman–Crippen MR) is 46.7 cm³/mol. The molecule has 0 spiro atoms. The van der Waals surface area contributed by atoms with Gasteiger partial charge in [0.1, 0.15) is 0 Å². The van der Waals surface area contributed by atoms with E-state index in [1.54, 1.807) is 12.5 Å². The molecular weight excluding hydrogens is 156 g/mol. The average Bonchev–Trinajstić information content (AvgIpc) is 2.60. The summed E-state index contributed by atoms with van der Waals surface area (Å²) in [6.45, 7) is 7.97. The second-order valence-electron chi connectivity index (χ2n) is 1.51. The summed E-state index contributed by atoms with van der Waals surface area (Å²) in [7, 11) is 0. The maximum Gasteiger partial charge on any atom is 0.182 e. The Hall–Kier alpha value is -1.71. The number of imidazole rings is 1. The quantitative estimate of drug-likeness (QED) is 0.385. The molecule has 1 aromatic rings. The monoisotopic (exact) mass is 168 g/mol. The third-order valence-electron chi connectivity index (χ3n) is 0.690. The van der Waals surface area contributed by atoms with Crippen LogP contribution in [0.3, 0.4) is 0 Å². The fourth-order valence-corrected chi connectivity index (χ4v) is 0.325. The summed E-state index contributed by atoms with van der Waals surface area (Å²) >= 11 is 0. The molecule has 0 aliphatic rings. The SMILES string of the molecule is C=C.Cc1cnc[nH]1.O=CC=O. The Morgan fingerprint density at radius 1 is 1.42 bits per heavy atom. The number of hydrogen-bond donors (Lipinski definition) is 1. The van der Waals surface area contributed by atoms with Crippen LogP contribution in [0.1, 0.15) is 5.69 Å². The molecule has 0 aromatic carbocycles. The van der Waals surface area contributed by atoms with Crippen molar-refractivity contribution in [2.45, 2.75) is 6.92 Å². The lowest BCUT2D eigenvalue weighted by Gasteiger charge is -1.67. The molecule has 1 N–H and O–H groups in total. The Morgan fingerprint density at radius 3 is 2.00 bits per heavy atom. The largest absolute Gasteiger partial charge is 0.349 e. The van der Waals surface area contributed by atoms with E-state index in [0.717, 1.165) is 5.69 Å². The lowest BCUT2D eigenvalue weighted by Crippen LogP contribution is -1.62. The summed E-state index contributed by atoms with van der Waals surface area (Å²) in [5.41, 5.74) is 1.11. The molecule has 0 amide bonds. The van der Waals surface area contributed by atoms with E-state index >= 15 is 0 Å². The summed E-state index contributed by atoms with van der Waals surface area (Å²) in [5.74, 6) is 0. The lowest BCUT2D eigenvalue weighted by molar-refractivity contribution is -0.122. The molecule has 0 aliphatic heterocycles. The van der Waals surface area contributed by atoms with Crippen LogP contribution in [0.2, 0.25) is 0 Å². The number of rotatable bonds is 1. The summed E-state index contributed by atoms with van der Waals surface area (Å²) in [5, 5.41) is 0. The van der Waals surface area contributed by atoms with Gasteiger partial charge in [-0.25, -0.2) is 4.98 Å². The number of carbonyl (C=O) groups is 2. The maximum absolute atomic E-state index is 8.81. The van der Waals surface area contributed by atoms with Gasteiger partial charge in [0.2, 0.25) is 0 Å². The summed E-state index contributed by atoms with van der Waals surface area (Å²) < 4.78 is 0. The van der Waals surface area contributed by atoms with Gasteiger partial charge in [0.05, 0.1) is 6.33 Å². The van der Waals surface area contributed by atoms with Crippen LogP contribution in [0.4, 0.5) is 0 Å². The van der Waals surface area contributed by atoms with Gasteiger partial charge in [-0.3, -0.25) is 9.59 Å². The first-order valence-electron chi connectivity index (χ1n) is 3.15. The van der Waals surface area contributed by atoms with Crippen molar-refractivity contribution >= 4 is 12.6 Å². The second kappa shape index (κ2) is 12.0. The van der Waals surface area contributed by atoms with Crippen LogP contribution in [0, 0.1) is 6.92 Å². The molecule has 0 unspecified atom stereocenters. The molecule has 0 saturated carbocycles. The Morgan fingerprint density at radius 2 is 1.92 bits per heavy atom. The molecule has 4 nitrogen and oxygen atoms in total. The first-order chi connectivity index (χ1) is 5.81. The van der Waals surface area contributed by atoms with Gasteiger partial charge in [-0.05, 0) is 6.92 Å². The number of aromatic nitrogens is 2. The van der Waals surface area contributed by atoms with Gasteiger partial charge < -0.3 is 4.98 Å². The molecule has 0 radical (unpaired) electrons. The van der Waals surface area contributed by atoms with E-state index in [4.69, 9.17) is 9.59 Å². The molecule has 0 saturated heterocycles. The molecule has 66 valence electrons. The van der Waals surface area contributed by atoms with Crippen molar-refractivity contribution in [1.82, 2.24) is 9.97 Å². The standard InChI is InChI=1S/C4H6N2.C2H2O2.C2H4/c1-4-2-5-3-6-4;3-1-2-4;1-2/h2-3H,1H3,(H,5,6);1-2H;1-2H2. The zero-order valence-corrected chi connectivity index (χ0v) is 6.99. The van der Waals surface area contributed by atoms with E-state index in [0.29, 0.717) is 0 Å². The minimum absolute atomic E-state index is 0.194. The average molecular weight is 168 g/mol. The number of nitrogens with one attached hydrogen (secondary N) is 1. The second-order valence-corrected chi connectivity index (χ2v) is 1.51. The molecule has 1 rings (SSSR count). The highest BCUT2D eigenvalue weighted by Crippen LogP contribution is 1.81. The highest BCUT2D eigenvalue weighted by molar-refractivity contribution is 6.09. The number of aryl methyl sites for hydroxylation is 1. The molecule has 0 atom stereocenters. The molecule has 12 heavy (non-hydrogen) atoms. The number of hydrogen-bond acceptors (Lipinski definition) is 3. The molecule has 4 heteroatoms. The van der Waals surface area contributed by atoms with Crippen LogP contribution in [-0.4, -0.2) is 22.5 Å². The highest BCUT2D eigenvalue weighted by atomic mass is 16.2. The Balaban J connectivity index is 0. The third kappa shape index (κ3) is 11.1. The van der Waals surface area contributed by atoms with Crippen LogP contribution in [0.25, 0.3) is 0 Å². The minimum Gasteiger partial charge on any atom is -0.349 e. The van der Waals surface area contributed by atoms with E-state index in [-0.39, 0.29) is 12.6 Å². The van der Waals surface area contributed by atoms with Crippen LogP contribution in [0.5, 0.6) is 0 Å². The molecule has 0 aliphatic carbocycles. The smallest absolute Gasteiger partial charge is 0.182 e. The van der Waals surface area contributed by atoms with Gasteiger partial charge in [-0.15, -0.1) is 13.2 Å². The zero-order valence-electron chi connectivity index (χ0n) is 6.99. The molecule has 0 fully saturated rings. The van der Waals surface area contributed by atoms with Crippen molar-refractivity contribution in [2.24, 2.45) is 0 Å². The third-order valence-corrected chi connectivity index (χ3v) is 0.690. The molecular formula is C8H12N2O2. The normalized spacial score (nSPS) is 6.42. The van der Waals surface area contributed by atoms with Crippen LogP contribution >= 0.6 is 0 Å². The van der Waals surface area contributed by atoms with Gasteiger partial charge in [0, 0.05) is 11.9 Å². The van der Waals surface area contributed by atoms with Gasteiger partial charge >= 0.3 is 0 Å². The number of nitrogens with zero attached hydrogens (tertiary/aromatic N) is 1.